The van der Waals surface area contributed by atoms with Crippen molar-refractivity contribution in [2.24, 2.45) is 0 Å². The van der Waals surface area contributed by atoms with Crippen molar-refractivity contribution in [2.75, 3.05) is 0 Å². The maximum absolute atomic E-state index is 13.1. The first-order valence-electron chi connectivity index (χ1n) is 9.77. The smallest absolute Gasteiger partial charge is 0.257 e. The Morgan fingerprint density at radius 2 is 1.70 bits per heavy atom. The Kier molecular flexibility index (Phi) is 6.16. The zero-order valence-electron chi connectivity index (χ0n) is 16.2. The molecule has 0 aromatic heterocycles. The van der Waals surface area contributed by atoms with Gasteiger partial charge in [0.15, 0.2) is 0 Å². The minimum absolute atomic E-state index is 0.154. The zero-order valence-corrected chi connectivity index (χ0v) is 17.1. The lowest BCUT2D eigenvalue weighted by atomic mass is 9.98. The molecule has 1 aliphatic rings. The summed E-state index contributed by atoms with van der Waals surface area (Å²) in [4.78, 5) is 25.7. The molecule has 2 atom stereocenters. The third-order valence-corrected chi connectivity index (χ3v) is 6.50. The molecule has 2 unspecified atom stereocenters. The number of nitrogens with one attached hydrogen (secondary N) is 2. The van der Waals surface area contributed by atoms with E-state index in [2.05, 4.69) is 17.4 Å². The molecule has 0 saturated carbocycles. The summed E-state index contributed by atoms with van der Waals surface area (Å²) >= 11 is 1.37. The third-order valence-electron chi connectivity index (χ3n) is 5.20. The molecule has 0 spiro atoms. The molecule has 0 radical (unpaired) electrons. The highest BCUT2D eigenvalue weighted by atomic mass is 32.2. The average molecular weight is 419 g/mol. The van der Waals surface area contributed by atoms with Crippen LogP contribution in [0.3, 0.4) is 0 Å². The number of hydrogen-bond donors (Lipinski definition) is 3. The van der Waals surface area contributed by atoms with E-state index in [9.17, 15) is 9.59 Å². The fraction of sp³-hybridized carbons (Fsp3) is 0.167. The molecular formula is C24H22N2O3S. The van der Waals surface area contributed by atoms with Gasteiger partial charge in [0.2, 0.25) is 0 Å². The van der Waals surface area contributed by atoms with Gasteiger partial charge < -0.3 is 5.32 Å². The number of fused-ring (bicyclic) bond motifs is 1. The zero-order chi connectivity index (χ0) is 20.9. The van der Waals surface area contributed by atoms with Crippen LogP contribution in [0.5, 0.6) is 0 Å². The van der Waals surface area contributed by atoms with E-state index in [-0.39, 0.29) is 17.2 Å². The molecule has 2 amide bonds. The largest absolute Gasteiger partial charge is 0.345 e. The summed E-state index contributed by atoms with van der Waals surface area (Å²) in [6, 6.07) is 25.4. The first-order chi connectivity index (χ1) is 14.6. The molecule has 3 aromatic carbocycles. The first-order valence-corrected chi connectivity index (χ1v) is 10.7. The first kappa shape index (κ1) is 20.2. The molecular weight excluding hydrogens is 396 g/mol. The van der Waals surface area contributed by atoms with E-state index in [0.29, 0.717) is 18.4 Å². The molecule has 6 heteroatoms. The predicted octanol–water partition coefficient (Wildman–Crippen LogP) is 3.92. The lowest BCUT2D eigenvalue weighted by Gasteiger charge is -2.20. The molecule has 0 fully saturated rings. The van der Waals surface area contributed by atoms with Gasteiger partial charge in [0, 0.05) is 10.5 Å². The van der Waals surface area contributed by atoms with Crippen LogP contribution in [0.2, 0.25) is 0 Å². The number of carbonyl (C=O) groups is 2. The van der Waals surface area contributed by atoms with Crippen molar-refractivity contribution in [3.8, 4) is 0 Å². The van der Waals surface area contributed by atoms with Crippen molar-refractivity contribution in [3.05, 3.63) is 101 Å². The van der Waals surface area contributed by atoms with Gasteiger partial charge in [-0.2, -0.15) is 0 Å². The molecule has 5 nitrogen and oxygen atoms in total. The van der Waals surface area contributed by atoms with Crippen LogP contribution in [-0.2, 0) is 17.6 Å². The minimum atomic E-state index is -0.422. The number of carbonyl (C=O) groups excluding carboxylic acids is 2. The summed E-state index contributed by atoms with van der Waals surface area (Å²) in [6.45, 7) is 0. The van der Waals surface area contributed by atoms with Gasteiger partial charge in [-0.3, -0.25) is 14.8 Å². The lowest BCUT2D eigenvalue weighted by molar-refractivity contribution is -0.128. The monoisotopic (exact) mass is 418 g/mol. The summed E-state index contributed by atoms with van der Waals surface area (Å²) in [5.74, 6) is -0.576. The maximum atomic E-state index is 13.1. The van der Waals surface area contributed by atoms with Gasteiger partial charge in [-0.15, -0.1) is 11.8 Å². The van der Waals surface area contributed by atoms with Crippen LogP contribution in [0.1, 0.15) is 33.1 Å². The highest BCUT2D eigenvalue weighted by Crippen LogP contribution is 2.37. The lowest BCUT2D eigenvalue weighted by Crippen LogP contribution is -2.30. The second kappa shape index (κ2) is 9.15. The van der Waals surface area contributed by atoms with Crippen LogP contribution >= 0.6 is 11.8 Å². The van der Waals surface area contributed by atoms with Crippen LogP contribution in [0.15, 0.2) is 83.8 Å². The molecule has 0 saturated heterocycles. The van der Waals surface area contributed by atoms with Crippen LogP contribution in [0, 0.1) is 0 Å². The van der Waals surface area contributed by atoms with E-state index in [1.165, 1.54) is 11.8 Å². The van der Waals surface area contributed by atoms with Crippen LogP contribution in [0.25, 0.3) is 0 Å². The molecule has 3 aromatic rings. The molecule has 30 heavy (non-hydrogen) atoms. The van der Waals surface area contributed by atoms with E-state index in [1.54, 1.807) is 11.5 Å². The summed E-state index contributed by atoms with van der Waals surface area (Å²) in [5, 5.41) is 11.7. The van der Waals surface area contributed by atoms with Gasteiger partial charge in [-0.1, -0.05) is 66.7 Å². The van der Waals surface area contributed by atoms with Crippen molar-refractivity contribution in [1.82, 2.24) is 10.8 Å². The third kappa shape index (κ3) is 4.56. The molecule has 0 bridgehead atoms. The molecule has 0 aliphatic carbocycles. The number of thioether (sulfide) groups is 1. The van der Waals surface area contributed by atoms with E-state index >= 15 is 0 Å². The normalized spacial score (nSPS) is 15.8. The summed E-state index contributed by atoms with van der Waals surface area (Å²) < 4.78 is 0. The van der Waals surface area contributed by atoms with Crippen LogP contribution < -0.4 is 10.8 Å². The summed E-state index contributed by atoms with van der Waals surface area (Å²) in [6.07, 6.45) is 1.23. The SMILES string of the molecule is O=C(NC(Cc1ccccc1)c1ccccc1)c1ccc2c(c1)SC(C(=O)NO)C2. The van der Waals surface area contributed by atoms with E-state index in [1.807, 2.05) is 60.7 Å². The topological polar surface area (TPSA) is 78.4 Å². The quantitative estimate of drug-likeness (QED) is 0.419. The van der Waals surface area contributed by atoms with Gasteiger partial charge >= 0.3 is 0 Å². The predicted molar refractivity (Wildman–Crippen MR) is 117 cm³/mol. The highest BCUT2D eigenvalue weighted by Gasteiger charge is 2.29. The number of amides is 2. The fourth-order valence-electron chi connectivity index (χ4n) is 3.62. The van der Waals surface area contributed by atoms with Crippen molar-refractivity contribution in [3.63, 3.8) is 0 Å². The molecule has 4 rings (SSSR count). The van der Waals surface area contributed by atoms with Gasteiger partial charge in [0.05, 0.1) is 11.3 Å². The van der Waals surface area contributed by atoms with Crippen molar-refractivity contribution in [2.45, 2.75) is 29.0 Å². The number of hydrogen-bond acceptors (Lipinski definition) is 4. The molecule has 1 aliphatic heterocycles. The number of rotatable bonds is 6. The van der Waals surface area contributed by atoms with Gasteiger partial charge in [-0.25, -0.2) is 5.48 Å². The van der Waals surface area contributed by atoms with Crippen molar-refractivity contribution in [1.29, 1.82) is 0 Å². The second-order valence-electron chi connectivity index (χ2n) is 7.24. The Hall–Kier alpha value is -3.09. The molecule has 152 valence electrons. The van der Waals surface area contributed by atoms with Crippen molar-refractivity contribution < 1.29 is 14.8 Å². The van der Waals surface area contributed by atoms with Gasteiger partial charge in [-0.05, 0) is 41.7 Å². The Balaban J connectivity index is 1.53. The standard InChI is InChI=1S/C24H22N2O3S/c27-23(19-12-11-18-14-22(24(28)26-29)30-21(18)15-19)25-20(17-9-5-2-6-10-17)13-16-7-3-1-4-8-16/h1-12,15,20,22,29H,13-14H2,(H,25,27)(H,26,28). The summed E-state index contributed by atoms with van der Waals surface area (Å²) in [7, 11) is 0. The second-order valence-corrected chi connectivity index (χ2v) is 8.48. The molecule has 3 N–H and O–H groups in total. The number of benzene rings is 3. The molecule has 1 heterocycles. The number of hydroxylamine groups is 1. The van der Waals surface area contributed by atoms with Gasteiger partial charge in [0.1, 0.15) is 0 Å². The Labute approximate surface area is 179 Å². The Bertz CT molecular complexity index is 1040. The highest BCUT2D eigenvalue weighted by molar-refractivity contribution is 8.01. The summed E-state index contributed by atoms with van der Waals surface area (Å²) in [5.41, 5.74) is 5.47. The maximum Gasteiger partial charge on any atom is 0.257 e. The average Bonchev–Trinajstić information content (AvgIpc) is 3.23. The Morgan fingerprint density at radius 1 is 1.00 bits per heavy atom. The van der Waals surface area contributed by atoms with E-state index in [4.69, 9.17) is 5.21 Å². The van der Waals surface area contributed by atoms with Crippen molar-refractivity contribution >= 4 is 23.6 Å². The van der Waals surface area contributed by atoms with Crippen LogP contribution in [0.4, 0.5) is 0 Å². The van der Waals surface area contributed by atoms with Crippen LogP contribution in [-0.4, -0.2) is 22.3 Å². The fourth-order valence-corrected chi connectivity index (χ4v) is 4.84. The van der Waals surface area contributed by atoms with Gasteiger partial charge in [0.25, 0.3) is 11.8 Å². The Morgan fingerprint density at radius 3 is 2.40 bits per heavy atom. The van der Waals surface area contributed by atoms with E-state index in [0.717, 1.165) is 21.6 Å². The van der Waals surface area contributed by atoms with E-state index < -0.39 is 5.91 Å². The minimum Gasteiger partial charge on any atom is -0.345 e.